The van der Waals surface area contributed by atoms with Gasteiger partial charge in [0.2, 0.25) is 0 Å². The Kier molecular flexibility index (Phi) is 5.84. The molecule has 0 saturated carbocycles. The monoisotopic (exact) mass is 481 g/mol. The third kappa shape index (κ3) is 4.41. The van der Waals surface area contributed by atoms with Gasteiger partial charge in [0.25, 0.3) is 15.9 Å². The van der Waals surface area contributed by atoms with Crippen molar-refractivity contribution in [2.45, 2.75) is 11.3 Å². The summed E-state index contributed by atoms with van der Waals surface area (Å²) in [5.41, 5.74) is 9.95. The summed E-state index contributed by atoms with van der Waals surface area (Å²) in [7, 11) is -3.73. The van der Waals surface area contributed by atoms with E-state index in [2.05, 4.69) is 5.32 Å². The minimum absolute atomic E-state index is 0.238. The number of nitrogen functional groups attached to an aromatic ring is 1. The van der Waals surface area contributed by atoms with Crippen LogP contribution in [0.3, 0.4) is 0 Å². The summed E-state index contributed by atoms with van der Waals surface area (Å²) in [5, 5.41) is 3.69. The Morgan fingerprint density at radius 3 is 2.20 bits per heavy atom. The number of para-hydroxylation sites is 3. The highest BCUT2D eigenvalue weighted by Gasteiger charge is 2.21. The van der Waals surface area contributed by atoms with E-state index in [4.69, 9.17) is 5.73 Å². The maximum absolute atomic E-state index is 13.3. The van der Waals surface area contributed by atoms with Gasteiger partial charge in [-0.05, 0) is 60.0 Å². The summed E-state index contributed by atoms with van der Waals surface area (Å²) in [6.45, 7) is 0. The molecular formula is C28H23N3O3S. The van der Waals surface area contributed by atoms with Gasteiger partial charge in [0, 0.05) is 17.1 Å². The van der Waals surface area contributed by atoms with Crippen LogP contribution in [0.5, 0.6) is 0 Å². The molecular weight excluding hydrogens is 458 g/mol. The molecule has 1 amide bonds. The number of nitrogens with one attached hydrogen (secondary N) is 1. The first-order valence-electron chi connectivity index (χ1n) is 11.1. The zero-order valence-corrected chi connectivity index (χ0v) is 19.6. The number of nitrogens with zero attached hydrogens (tertiary/aromatic N) is 1. The molecule has 0 fully saturated rings. The third-order valence-electron chi connectivity index (χ3n) is 5.88. The smallest absolute Gasteiger partial charge is 0.268 e. The second kappa shape index (κ2) is 9.12. The van der Waals surface area contributed by atoms with Crippen LogP contribution in [0, 0.1) is 0 Å². The zero-order valence-electron chi connectivity index (χ0n) is 18.8. The molecule has 174 valence electrons. The molecule has 35 heavy (non-hydrogen) atoms. The molecule has 0 aliphatic rings. The lowest BCUT2D eigenvalue weighted by Crippen LogP contribution is -2.13. The summed E-state index contributed by atoms with van der Waals surface area (Å²) in [6.07, 6.45) is 2.21. The van der Waals surface area contributed by atoms with Crippen LogP contribution in [0.2, 0.25) is 0 Å². The molecule has 6 nitrogen and oxygen atoms in total. The molecule has 0 bridgehead atoms. The van der Waals surface area contributed by atoms with Gasteiger partial charge in [-0.15, -0.1) is 0 Å². The van der Waals surface area contributed by atoms with E-state index in [0.717, 1.165) is 16.5 Å². The van der Waals surface area contributed by atoms with Gasteiger partial charge >= 0.3 is 0 Å². The summed E-state index contributed by atoms with van der Waals surface area (Å²) in [5.74, 6) is -0.250. The van der Waals surface area contributed by atoms with E-state index in [-0.39, 0.29) is 10.8 Å². The molecule has 0 aliphatic carbocycles. The average molecular weight is 482 g/mol. The van der Waals surface area contributed by atoms with Gasteiger partial charge in [0.15, 0.2) is 0 Å². The van der Waals surface area contributed by atoms with E-state index in [9.17, 15) is 13.2 Å². The lowest BCUT2D eigenvalue weighted by atomic mass is 10.0. The first-order valence-corrected chi connectivity index (χ1v) is 12.5. The number of amides is 1. The molecule has 5 rings (SSSR count). The van der Waals surface area contributed by atoms with Gasteiger partial charge in [0.05, 0.1) is 21.8 Å². The largest absolute Gasteiger partial charge is 0.397 e. The Morgan fingerprint density at radius 1 is 0.800 bits per heavy atom. The van der Waals surface area contributed by atoms with Gasteiger partial charge in [-0.25, -0.2) is 12.4 Å². The number of fused-ring (bicyclic) bond motifs is 1. The van der Waals surface area contributed by atoms with Crippen LogP contribution in [-0.4, -0.2) is 18.3 Å². The fourth-order valence-corrected chi connectivity index (χ4v) is 5.48. The van der Waals surface area contributed by atoms with E-state index < -0.39 is 10.0 Å². The number of hydrogen-bond acceptors (Lipinski definition) is 4. The number of carbonyl (C=O) groups is 1. The topological polar surface area (TPSA) is 94.2 Å². The van der Waals surface area contributed by atoms with Crippen LogP contribution >= 0.6 is 0 Å². The molecule has 7 heteroatoms. The van der Waals surface area contributed by atoms with Crippen LogP contribution in [0.4, 0.5) is 11.4 Å². The first-order chi connectivity index (χ1) is 16.9. The van der Waals surface area contributed by atoms with Gasteiger partial charge in [0.1, 0.15) is 0 Å². The predicted molar refractivity (Wildman–Crippen MR) is 139 cm³/mol. The maximum atomic E-state index is 13.3. The highest BCUT2D eigenvalue weighted by molar-refractivity contribution is 7.90. The van der Waals surface area contributed by atoms with Crippen molar-refractivity contribution in [3.8, 4) is 0 Å². The molecule has 0 aliphatic heterocycles. The predicted octanol–water partition coefficient (Wildman–Crippen LogP) is 5.30. The van der Waals surface area contributed by atoms with E-state index in [1.54, 1.807) is 60.8 Å². The maximum Gasteiger partial charge on any atom is 0.268 e. The number of carbonyl (C=O) groups excluding carboxylic acids is 1. The number of hydrogen-bond donors (Lipinski definition) is 2. The van der Waals surface area contributed by atoms with Crippen LogP contribution in [-0.2, 0) is 16.4 Å². The Balaban J connectivity index is 1.42. The molecule has 0 unspecified atom stereocenters. The molecule has 0 spiro atoms. The lowest BCUT2D eigenvalue weighted by Gasteiger charge is -2.08. The van der Waals surface area contributed by atoms with Crippen molar-refractivity contribution in [2.24, 2.45) is 0 Å². The van der Waals surface area contributed by atoms with Gasteiger partial charge in [-0.1, -0.05) is 60.7 Å². The van der Waals surface area contributed by atoms with E-state index in [1.165, 1.54) is 3.97 Å². The Bertz CT molecular complexity index is 1620. The number of anilines is 2. The average Bonchev–Trinajstić information content (AvgIpc) is 3.25. The van der Waals surface area contributed by atoms with Crippen LogP contribution in [0.25, 0.3) is 10.9 Å². The molecule has 0 atom stereocenters. The van der Waals surface area contributed by atoms with Gasteiger partial charge < -0.3 is 11.1 Å². The Hall–Kier alpha value is -4.36. The van der Waals surface area contributed by atoms with Crippen molar-refractivity contribution in [3.63, 3.8) is 0 Å². The molecule has 0 radical (unpaired) electrons. The second-order valence-corrected chi connectivity index (χ2v) is 10.0. The molecule has 3 N–H and O–H groups in total. The molecule has 4 aromatic carbocycles. The second-order valence-electron chi connectivity index (χ2n) is 8.20. The zero-order chi connectivity index (χ0) is 24.4. The molecule has 1 aromatic heterocycles. The normalized spacial score (nSPS) is 11.4. The Labute approximate surface area is 203 Å². The quantitative estimate of drug-likeness (QED) is 0.322. The van der Waals surface area contributed by atoms with Crippen molar-refractivity contribution >= 4 is 38.2 Å². The third-order valence-corrected chi connectivity index (χ3v) is 7.57. The number of benzene rings is 4. The fraction of sp³-hybridized carbons (Fsp3) is 0.0357. The van der Waals surface area contributed by atoms with Gasteiger partial charge in [-0.3, -0.25) is 4.79 Å². The SMILES string of the molecule is Nc1ccccc1NC(=O)c1ccc(Cc2cn(S(=O)(=O)c3ccccc3)c3ccccc23)cc1. The van der Waals surface area contributed by atoms with Crippen LogP contribution in [0.1, 0.15) is 21.5 Å². The first kappa shape index (κ1) is 22.4. The van der Waals surface area contributed by atoms with E-state index in [0.29, 0.717) is 28.9 Å². The highest BCUT2D eigenvalue weighted by Crippen LogP contribution is 2.28. The van der Waals surface area contributed by atoms with Crippen LogP contribution in [0.15, 0.2) is 114 Å². The minimum Gasteiger partial charge on any atom is -0.397 e. The minimum atomic E-state index is -3.73. The van der Waals surface area contributed by atoms with Crippen LogP contribution < -0.4 is 11.1 Å². The molecule has 1 heterocycles. The van der Waals surface area contributed by atoms with Crippen molar-refractivity contribution in [2.75, 3.05) is 11.1 Å². The summed E-state index contributed by atoms with van der Waals surface area (Å²) < 4.78 is 28.0. The lowest BCUT2D eigenvalue weighted by molar-refractivity contribution is 0.102. The van der Waals surface area contributed by atoms with Crippen molar-refractivity contribution in [1.29, 1.82) is 0 Å². The standard InChI is InChI=1S/C28H23N3O3S/c29-25-11-5-6-12-26(25)30-28(32)21-16-14-20(15-17-21)18-22-19-31(27-13-7-4-10-24(22)27)35(33,34)23-8-2-1-3-9-23/h1-17,19H,18,29H2,(H,30,32). The van der Waals surface area contributed by atoms with Gasteiger partial charge in [-0.2, -0.15) is 0 Å². The fourth-order valence-electron chi connectivity index (χ4n) is 4.06. The van der Waals surface area contributed by atoms with Crippen molar-refractivity contribution in [3.05, 3.63) is 126 Å². The number of aromatic nitrogens is 1. The van der Waals surface area contributed by atoms with Crippen molar-refractivity contribution < 1.29 is 13.2 Å². The summed E-state index contributed by atoms with van der Waals surface area (Å²) >= 11 is 0. The number of nitrogens with two attached hydrogens (primary N) is 1. The summed E-state index contributed by atoms with van der Waals surface area (Å²) in [4.78, 5) is 12.9. The number of rotatable bonds is 6. The Morgan fingerprint density at radius 2 is 1.46 bits per heavy atom. The van der Waals surface area contributed by atoms with Crippen molar-refractivity contribution in [1.82, 2.24) is 3.97 Å². The highest BCUT2D eigenvalue weighted by atomic mass is 32.2. The van der Waals surface area contributed by atoms with E-state index >= 15 is 0 Å². The molecule has 0 saturated heterocycles. The molecule has 5 aromatic rings. The van der Waals surface area contributed by atoms with E-state index in [1.807, 2.05) is 48.5 Å². The summed E-state index contributed by atoms with van der Waals surface area (Å²) in [6, 6.07) is 30.2.